The van der Waals surface area contributed by atoms with Crippen LogP contribution in [0.1, 0.15) is 23.1 Å². The summed E-state index contributed by atoms with van der Waals surface area (Å²) in [4.78, 5) is 12.0. The first-order chi connectivity index (χ1) is 8.60. The molecule has 1 N–H and O–H groups in total. The van der Waals surface area contributed by atoms with E-state index in [1.165, 1.54) is 0 Å². The maximum absolute atomic E-state index is 12.0. The van der Waals surface area contributed by atoms with Crippen molar-refractivity contribution in [2.45, 2.75) is 20.4 Å². The van der Waals surface area contributed by atoms with Gasteiger partial charge in [0.1, 0.15) is 0 Å². The van der Waals surface area contributed by atoms with Gasteiger partial charge in [0, 0.05) is 22.9 Å². The normalized spacial score (nSPS) is 10.4. The number of hydrogen-bond acceptors (Lipinski definition) is 2. The first-order valence-electron chi connectivity index (χ1n) is 5.71. The lowest BCUT2D eigenvalue weighted by Crippen LogP contribution is -2.13. The Balaban J connectivity index is 2.14. The van der Waals surface area contributed by atoms with E-state index in [-0.39, 0.29) is 5.91 Å². The molecule has 0 aliphatic carbocycles. The molecule has 2 aromatic rings. The number of amides is 1. The Morgan fingerprint density at radius 2 is 2.06 bits per heavy atom. The Hall–Kier alpha value is -1.81. The number of halogens is 1. The first-order valence-corrected chi connectivity index (χ1v) is 6.09. The molecule has 1 aromatic heterocycles. The number of aryl methyl sites for hydroxylation is 2. The minimum absolute atomic E-state index is 0.215. The predicted octanol–water partition coefficient (Wildman–Crippen LogP) is 3.12. The van der Waals surface area contributed by atoms with E-state index in [4.69, 9.17) is 11.6 Å². The van der Waals surface area contributed by atoms with Gasteiger partial charge >= 0.3 is 0 Å². The molecule has 18 heavy (non-hydrogen) atoms. The standard InChI is InChI=1S/C13H14ClN3O/c1-3-17-9(2)8-12(16-17)13(18)15-11-6-4-10(14)5-7-11/h4-8H,3H2,1-2H3,(H,15,18). The minimum Gasteiger partial charge on any atom is -0.321 e. The SMILES string of the molecule is CCn1nc(C(=O)Nc2ccc(Cl)cc2)cc1C. The molecule has 0 radical (unpaired) electrons. The van der Waals surface area contributed by atoms with Gasteiger partial charge in [-0.2, -0.15) is 5.10 Å². The Bertz CT molecular complexity index is 560. The highest BCUT2D eigenvalue weighted by Gasteiger charge is 2.11. The van der Waals surface area contributed by atoms with Crippen LogP contribution >= 0.6 is 11.6 Å². The summed E-state index contributed by atoms with van der Waals surface area (Å²) in [5.41, 5.74) is 2.09. The van der Waals surface area contributed by atoms with Crippen molar-refractivity contribution in [1.82, 2.24) is 9.78 Å². The van der Waals surface area contributed by atoms with E-state index in [9.17, 15) is 4.79 Å². The number of aromatic nitrogens is 2. The van der Waals surface area contributed by atoms with Crippen molar-refractivity contribution in [3.05, 3.63) is 46.7 Å². The molecule has 0 spiro atoms. The average molecular weight is 264 g/mol. The van der Waals surface area contributed by atoms with Crippen molar-refractivity contribution in [2.75, 3.05) is 5.32 Å². The van der Waals surface area contributed by atoms with Crippen LogP contribution in [0.5, 0.6) is 0 Å². The van der Waals surface area contributed by atoms with Crippen molar-refractivity contribution < 1.29 is 4.79 Å². The van der Waals surface area contributed by atoms with E-state index < -0.39 is 0 Å². The smallest absolute Gasteiger partial charge is 0.276 e. The molecule has 0 saturated carbocycles. The molecule has 0 atom stereocenters. The zero-order chi connectivity index (χ0) is 13.1. The maximum atomic E-state index is 12.0. The zero-order valence-corrected chi connectivity index (χ0v) is 11.0. The molecule has 1 aromatic carbocycles. The van der Waals surface area contributed by atoms with Gasteiger partial charge in [-0.25, -0.2) is 0 Å². The second-order valence-corrected chi connectivity index (χ2v) is 4.38. The molecule has 5 heteroatoms. The van der Waals surface area contributed by atoms with Crippen LogP contribution in [0, 0.1) is 6.92 Å². The minimum atomic E-state index is -0.215. The van der Waals surface area contributed by atoms with Crippen LogP contribution < -0.4 is 5.32 Å². The third kappa shape index (κ3) is 2.71. The maximum Gasteiger partial charge on any atom is 0.276 e. The molecular weight excluding hydrogens is 250 g/mol. The van der Waals surface area contributed by atoms with Crippen molar-refractivity contribution in [3.8, 4) is 0 Å². The van der Waals surface area contributed by atoms with E-state index in [1.54, 1.807) is 35.0 Å². The van der Waals surface area contributed by atoms with Crippen molar-refractivity contribution in [2.24, 2.45) is 0 Å². The number of nitrogens with zero attached hydrogens (tertiary/aromatic N) is 2. The number of hydrogen-bond donors (Lipinski definition) is 1. The molecule has 0 unspecified atom stereocenters. The van der Waals surface area contributed by atoms with Crippen LogP contribution in [0.25, 0.3) is 0 Å². The fourth-order valence-electron chi connectivity index (χ4n) is 1.67. The number of carbonyl (C=O) groups excluding carboxylic acids is 1. The Kier molecular flexibility index (Phi) is 3.67. The molecule has 0 aliphatic rings. The molecule has 1 heterocycles. The fraction of sp³-hybridized carbons (Fsp3) is 0.231. The molecule has 0 saturated heterocycles. The van der Waals surface area contributed by atoms with E-state index in [2.05, 4.69) is 10.4 Å². The lowest BCUT2D eigenvalue weighted by molar-refractivity contribution is 0.102. The monoisotopic (exact) mass is 263 g/mol. The van der Waals surface area contributed by atoms with Crippen molar-refractivity contribution in [3.63, 3.8) is 0 Å². The average Bonchev–Trinajstić information content (AvgIpc) is 2.73. The summed E-state index contributed by atoms with van der Waals surface area (Å²) in [5.74, 6) is -0.215. The van der Waals surface area contributed by atoms with Crippen molar-refractivity contribution >= 4 is 23.2 Å². The lowest BCUT2D eigenvalue weighted by Gasteiger charge is -2.02. The summed E-state index contributed by atoms with van der Waals surface area (Å²) in [6.07, 6.45) is 0. The van der Waals surface area contributed by atoms with Crippen LogP contribution in [0.3, 0.4) is 0 Å². The van der Waals surface area contributed by atoms with Crippen molar-refractivity contribution in [1.29, 1.82) is 0 Å². The van der Waals surface area contributed by atoms with Gasteiger partial charge in [0.05, 0.1) is 0 Å². The van der Waals surface area contributed by atoms with E-state index >= 15 is 0 Å². The van der Waals surface area contributed by atoms with Gasteiger partial charge in [0.2, 0.25) is 0 Å². The van der Waals surface area contributed by atoms with Crippen LogP contribution in [-0.4, -0.2) is 15.7 Å². The van der Waals surface area contributed by atoms with Gasteiger partial charge < -0.3 is 5.32 Å². The number of benzene rings is 1. The third-order valence-electron chi connectivity index (χ3n) is 2.62. The van der Waals surface area contributed by atoms with E-state index in [0.717, 1.165) is 12.2 Å². The van der Waals surface area contributed by atoms with E-state index in [0.29, 0.717) is 16.4 Å². The molecule has 0 fully saturated rings. The highest BCUT2D eigenvalue weighted by atomic mass is 35.5. The van der Waals surface area contributed by atoms with Gasteiger partial charge in [0.15, 0.2) is 5.69 Å². The summed E-state index contributed by atoms with van der Waals surface area (Å²) in [6, 6.07) is 8.74. The van der Waals surface area contributed by atoms with Crippen LogP contribution in [0.4, 0.5) is 5.69 Å². The molecule has 94 valence electrons. The molecule has 4 nitrogen and oxygen atoms in total. The zero-order valence-electron chi connectivity index (χ0n) is 10.3. The molecule has 0 bridgehead atoms. The topological polar surface area (TPSA) is 46.9 Å². The number of carbonyl (C=O) groups is 1. The summed E-state index contributed by atoms with van der Waals surface area (Å²) in [7, 11) is 0. The lowest BCUT2D eigenvalue weighted by atomic mass is 10.3. The second-order valence-electron chi connectivity index (χ2n) is 3.95. The van der Waals surface area contributed by atoms with Gasteiger partial charge in [-0.1, -0.05) is 11.6 Å². The first kappa shape index (κ1) is 12.6. The summed E-state index contributed by atoms with van der Waals surface area (Å²) in [6.45, 7) is 4.66. The quantitative estimate of drug-likeness (QED) is 0.925. The van der Waals surface area contributed by atoms with Crippen LogP contribution in [0.15, 0.2) is 30.3 Å². The fourth-order valence-corrected chi connectivity index (χ4v) is 1.80. The number of rotatable bonds is 3. The Morgan fingerprint density at radius 1 is 1.39 bits per heavy atom. The van der Waals surface area contributed by atoms with Crippen LogP contribution in [0.2, 0.25) is 5.02 Å². The summed E-state index contributed by atoms with van der Waals surface area (Å²) < 4.78 is 1.79. The van der Waals surface area contributed by atoms with Gasteiger partial charge in [0.25, 0.3) is 5.91 Å². The van der Waals surface area contributed by atoms with Gasteiger partial charge in [-0.3, -0.25) is 9.48 Å². The highest BCUT2D eigenvalue weighted by Crippen LogP contribution is 2.14. The molecule has 2 rings (SSSR count). The second kappa shape index (κ2) is 5.23. The van der Waals surface area contributed by atoms with E-state index in [1.807, 2.05) is 13.8 Å². The largest absolute Gasteiger partial charge is 0.321 e. The predicted molar refractivity (Wildman–Crippen MR) is 72.0 cm³/mol. The molecule has 1 amide bonds. The number of nitrogens with one attached hydrogen (secondary N) is 1. The number of anilines is 1. The van der Waals surface area contributed by atoms with Gasteiger partial charge in [-0.05, 0) is 44.2 Å². The third-order valence-corrected chi connectivity index (χ3v) is 2.87. The summed E-state index contributed by atoms with van der Waals surface area (Å²) >= 11 is 5.78. The Labute approximate surface area is 111 Å². The summed E-state index contributed by atoms with van der Waals surface area (Å²) in [5, 5.41) is 7.64. The Morgan fingerprint density at radius 3 is 2.61 bits per heavy atom. The molecular formula is C13H14ClN3O. The molecule has 0 aliphatic heterocycles. The van der Waals surface area contributed by atoms with Gasteiger partial charge in [-0.15, -0.1) is 0 Å². The highest BCUT2D eigenvalue weighted by molar-refractivity contribution is 6.30. The van der Waals surface area contributed by atoms with Crippen LogP contribution in [-0.2, 0) is 6.54 Å².